The van der Waals surface area contributed by atoms with Gasteiger partial charge in [-0.25, -0.2) is 0 Å². The number of rotatable bonds is 15. The SMILES string of the molecule is N[C@H](CSCC1O[C@@H]2O[C@@H]3C(CO)O[C@@H](O[C@@H]4C(CO)O[C@@H](O[C@@H]5C(CSC[C@@H](N)C(=O)O)O[C@@H](O[C@@H]6C(CO)O[C@H](O[C@@H]7C(CO)O[C@H](O[C@@H]8C(CO)O[C@H](O[C@H]1C(O)C2O)C(O)C8O)C(O)C7O)C(O)C6O)C(O)C5O)C(O)C4O)C(O)C3O)C(=O)O. The lowest BCUT2D eigenvalue weighted by Crippen LogP contribution is -2.68. The second-order valence-corrected chi connectivity index (χ2v) is 24.4. The van der Waals surface area contributed by atoms with Crippen LogP contribution in [0.15, 0.2) is 0 Å². The molecule has 0 amide bonds. The number of thioether (sulfide) groups is 2. The summed E-state index contributed by atoms with van der Waals surface area (Å²) >= 11 is 1.60. The molecule has 21 heterocycles. The molecule has 14 bridgehead atoms. The van der Waals surface area contributed by atoms with E-state index in [0.29, 0.717) is 0 Å². The highest BCUT2D eigenvalue weighted by Gasteiger charge is 2.60. The molecule has 0 radical (unpaired) electrons. The third-order valence-corrected chi connectivity index (χ3v) is 18.5. The fourth-order valence-corrected chi connectivity index (χ4v) is 13.2. The van der Waals surface area contributed by atoms with Crippen LogP contribution in [0, 0.1) is 0 Å². The highest BCUT2D eigenvalue weighted by Crippen LogP contribution is 2.40. The lowest BCUT2D eigenvalue weighted by atomic mass is 9.95. The van der Waals surface area contributed by atoms with Crippen molar-refractivity contribution in [3.8, 4) is 0 Å². The molecule has 0 saturated carbocycles. The maximum atomic E-state index is 11.7. The molecule has 41 heteroatoms. The molecule has 21 rings (SSSR count). The topological polar surface area (TPSA) is 640 Å². The largest absolute Gasteiger partial charge is 0.480 e. The van der Waals surface area contributed by atoms with Crippen LogP contribution < -0.4 is 11.5 Å². The summed E-state index contributed by atoms with van der Waals surface area (Å²) in [5.74, 6) is -4.26. The van der Waals surface area contributed by atoms with Gasteiger partial charge in [0.2, 0.25) is 0 Å². The highest BCUT2D eigenvalue weighted by atomic mass is 32.2. The Morgan fingerprint density at radius 3 is 0.596 bits per heavy atom. The minimum absolute atomic E-state index is 0.319. The molecule has 21 aliphatic rings. The summed E-state index contributed by atoms with van der Waals surface area (Å²) in [6.45, 7) is -5.43. The number of hydrogen-bond acceptors (Lipinski definition) is 39. The Kier molecular flexibility index (Phi) is 26.2. The van der Waals surface area contributed by atoms with Gasteiger partial charge < -0.3 is 185 Å². The minimum Gasteiger partial charge on any atom is -0.480 e. The third-order valence-electron chi connectivity index (χ3n) is 16.2. The number of carboxylic acids is 2. The second kappa shape index (κ2) is 31.9. The molecule has 516 valence electrons. The first-order valence-corrected chi connectivity index (χ1v) is 30.4. The number of hydrogen-bond donors (Lipinski definition) is 23. The molecule has 39 nitrogen and oxygen atoms in total. The average Bonchev–Trinajstić information content (AvgIpc) is 0.983. The summed E-state index contributed by atoms with van der Waals surface area (Å²) in [5.41, 5.74) is 11.4. The van der Waals surface area contributed by atoms with Crippen molar-refractivity contribution in [3.05, 3.63) is 0 Å². The molecule has 0 aromatic carbocycles. The number of carboxylic acid groups (broad SMARTS) is 2. The van der Waals surface area contributed by atoms with Gasteiger partial charge in [-0.3, -0.25) is 9.59 Å². The molecule has 0 aliphatic carbocycles. The zero-order chi connectivity index (χ0) is 65.2. The van der Waals surface area contributed by atoms with Crippen molar-refractivity contribution in [2.24, 2.45) is 11.5 Å². The monoisotopic (exact) mass is 1340 g/mol. The van der Waals surface area contributed by atoms with E-state index in [0.717, 1.165) is 23.5 Å². The van der Waals surface area contributed by atoms with Crippen LogP contribution in [0.25, 0.3) is 0 Å². The Labute approximate surface area is 511 Å². The Hall–Kier alpha value is -1.76. The van der Waals surface area contributed by atoms with E-state index in [9.17, 15) is 117 Å². The number of carbonyl (C=O) groups is 2. The molecule has 21 aliphatic heterocycles. The zero-order valence-corrected chi connectivity index (χ0v) is 48.3. The molecule has 0 spiro atoms. The maximum absolute atomic E-state index is 11.7. The molecule has 89 heavy (non-hydrogen) atoms. The molecular weight excluding hydrogens is 1260 g/mol. The van der Waals surface area contributed by atoms with Gasteiger partial charge in [0.25, 0.3) is 0 Å². The van der Waals surface area contributed by atoms with E-state index in [1.807, 2.05) is 0 Å². The smallest absolute Gasteiger partial charge is 0.321 e. The van der Waals surface area contributed by atoms with Crippen molar-refractivity contribution in [1.29, 1.82) is 0 Å². The van der Waals surface area contributed by atoms with Crippen molar-refractivity contribution in [1.82, 2.24) is 0 Å². The van der Waals surface area contributed by atoms with E-state index in [1.54, 1.807) is 0 Å². The third kappa shape index (κ3) is 15.9. The van der Waals surface area contributed by atoms with Gasteiger partial charge in [0, 0.05) is 23.0 Å². The second-order valence-electron chi connectivity index (χ2n) is 22.3. The lowest BCUT2D eigenvalue weighted by molar-refractivity contribution is -0.395. The van der Waals surface area contributed by atoms with Crippen molar-refractivity contribution in [2.75, 3.05) is 56.0 Å². The van der Waals surface area contributed by atoms with Gasteiger partial charge in [-0.15, -0.1) is 0 Å². The van der Waals surface area contributed by atoms with Crippen LogP contribution in [0.2, 0.25) is 0 Å². The van der Waals surface area contributed by atoms with Gasteiger partial charge in [-0.1, -0.05) is 0 Å². The Bertz CT molecular complexity index is 2200. The summed E-state index contributed by atoms with van der Waals surface area (Å²) in [6, 6.07) is -2.94. The van der Waals surface area contributed by atoms with Gasteiger partial charge in [0.15, 0.2) is 44.0 Å². The van der Waals surface area contributed by atoms with Crippen LogP contribution in [-0.4, -0.2) is 402 Å². The number of aliphatic hydroxyl groups excluding tert-OH is 19. The maximum Gasteiger partial charge on any atom is 0.321 e. The first-order chi connectivity index (χ1) is 42.2. The Morgan fingerprint density at radius 2 is 0.438 bits per heavy atom. The molecule has 0 aromatic heterocycles. The predicted molar refractivity (Wildman–Crippen MR) is 280 cm³/mol. The van der Waals surface area contributed by atoms with E-state index in [1.165, 1.54) is 0 Å². The predicted octanol–water partition coefficient (Wildman–Crippen LogP) is -14.9. The minimum atomic E-state index is -2.27. The molecule has 21 unspecified atom stereocenters. The van der Waals surface area contributed by atoms with Crippen LogP contribution in [0.3, 0.4) is 0 Å². The van der Waals surface area contributed by atoms with Crippen molar-refractivity contribution < 1.29 is 183 Å². The summed E-state index contributed by atoms with van der Waals surface area (Å²) in [6.07, 6.45) is -71.4. The summed E-state index contributed by atoms with van der Waals surface area (Å²) in [4.78, 5) is 23.2. The van der Waals surface area contributed by atoms with Crippen LogP contribution >= 0.6 is 23.5 Å². The Balaban J connectivity index is 1.11. The highest BCUT2D eigenvalue weighted by molar-refractivity contribution is 7.99. The Morgan fingerprint density at radius 1 is 0.281 bits per heavy atom. The van der Waals surface area contributed by atoms with Crippen LogP contribution in [0.5, 0.6) is 0 Å². The summed E-state index contributed by atoms with van der Waals surface area (Å²) < 4.78 is 81.6. The van der Waals surface area contributed by atoms with E-state index >= 15 is 0 Å². The number of aliphatic carboxylic acids is 2. The lowest BCUT2D eigenvalue weighted by Gasteiger charge is -2.50. The van der Waals surface area contributed by atoms with E-state index in [-0.39, 0.29) is 11.5 Å². The molecule has 21 saturated heterocycles. The van der Waals surface area contributed by atoms with E-state index in [4.69, 9.17) is 77.8 Å². The fourth-order valence-electron chi connectivity index (χ4n) is 11.2. The van der Waals surface area contributed by atoms with Crippen LogP contribution in [-0.2, 0) is 75.9 Å². The average molecular weight is 1340 g/mol. The van der Waals surface area contributed by atoms with Gasteiger partial charge in [-0.2, -0.15) is 23.5 Å². The van der Waals surface area contributed by atoms with Crippen molar-refractivity contribution in [3.63, 3.8) is 0 Å². The first kappa shape index (κ1) is 73.1. The quantitative estimate of drug-likeness (QED) is 0.0724. The van der Waals surface area contributed by atoms with Gasteiger partial charge in [0.1, 0.15) is 171 Å². The van der Waals surface area contributed by atoms with Crippen molar-refractivity contribution in [2.45, 2.75) is 227 Å². The fraction of sp³-hybridized carbons (Fsp3) is 0.958. The number of ether oxygens (including phenoxy) is 14. The molecule has 25 N–H and O–H groups in total. The molecular formula is C48H80N2O37S2. The van der Waals surface area contributed by atoms with Gasteiger partial charge in [-0.05, 0) is 0 Å². The van der Waals surface area contributed by atoms with E-state index < -0.39 is 284 Å². The number of aliphatic hydroxyl groups is 19. The van der Waals surface area contributed by atoms with Gasteiger partial charge in [0.05, 0.1) is 45.2 Å². The van der Waals surface area contributed by atoms with E-state index in [2.05, 4.69) is 0 Å². The van der Waals surface area contributed by atoms with Crippen molar-refractivity contribution >= 4 is 35.5 Å². The normalized spacial score (nSPS) is 50.1. The molecule has 37 atom stereocenters. The van der Waals surface area contributed by atoms with Gasteiger partial charge >= 0.3 is 11.9 Å². The summed E-state index contributed by atoms with van der Waals surface area (Å²) in [7, 11) is 0. The van der Waals surface area contributed by atoms with Crippen LogP contribution in [0.4, 0.5) is 0 Å². The van der Waals surface area contributed by atoms with Crippen LogP contribution in [0.1, 0.15) is 0 Å². The standard InChI is InChI=1S/C48H80N2O37S2/c49-10(40(70)71)6-88-8-17-38-25(62)32(69)48(80-17)85-37-16(5-55)76-44(28(65)21(37)58)83-35-14(3-53)78-46(30(67)23(35)60)87-39-18(9-89-7-11(50)41(72)73)79-47(31(68)24(39)61)84-36-15(4-54)75-43(27(64)20(36)57)81-33-12(1-51)74-42(26(63)19(33)56)82-34-13(2-52)77-45(86-38)29(66)22(34)59/h10-39,42-48,51-69H,1-9,49-50H2,(H,70,71)(H,72,73)/t10-,11-,12?,13?,14?,15?,16?,17?,18?,19?,20?,21?,22?,23?,24?,25?,26?,27?,28?,29?,30?,31?,32?,33-,34-,35-,36-,37-,38-,39-,42-,43-,44+,45-,46+,47+,48-/m1/s1. The molecule has 0 aromatic rings. The molecule has 21 fully saturated rings. The zero-order valence-electron chi connectivity index (χ0n) is 46.6. The summed E-state index contributed by atoms with van der Waals surface area (Å²) in [5, 5.41) is 233. The first-order valence-electron chi connectivity index (χ1n) is 28.1. The number of nitrogens with two attached hydrogens (primary N) is 2.